The van der Waals surface area contributed by atoms with Crippen LogP contribution in [0.15, 0.2) is 24.3 Å². The summed E-state index contributed by atoms with van der Waals surface area (Å²) >= 11 is 6.14. The van der Waals surface area contributed by atoms with Gasteiger partial charge in [-0.2, -0.15) is 0 Å². The quantitative estimate of drug-likeness (QED) is 0.749. The van der Waals surface area contributed by atoms with E-state index in [1.54, 1.807) is 29.2 Å². The van der Waals surface area contributed by atoms with Crippen molar-refractivity contribution in [1.82, 2.24) is 15.1 Å². The Bertz CT molecular complexity index is 805. The summed E-state index contributed by atoms with van der Waals surface area (Å²) < 4.78 is 0. The van der Waals surface area contributed by atoms with Gasteiger partial charge in [0.05, 0.1) is 10.6 Å². The van der Waals surface area contributed by atoms with E-state index < -0.39 is 6.04 Å². The molecule has 2 fully saturated rings. The van der Waals surface area contributed by atoms with Gasteiger partial charge in [0.1, 0.15) is 6.04 Å². The Morgan fingerprint density at radius 3 is 2.32 bits per heavy atom. The minimum atomic E-state index is -0.626. The second-order valence-electron chi connectivity index (χ2n) is 9.31. The molecule has 0 aliphatic carbocycles. The zero-order valence-corrected chi connectivity index (χ0v) is 19.5. The van der Waals surface area contributed by atoms with Crippen LogP contribution in [-0.4, -0.2) is 59.7 Å². The third-order valence-corrected chi connectivity index (χ3v) is 6.79. The Morgan fingerprint density at radius 1 is 1.03 bits per heavy atom. The van der Waals surface area contributed by atoms with Gasteiger partial charge in [-0.05, 0) is 49.7 Å². The molecule has 2 saturated heterocycles. The molecule has 0 radical (unpaired) electrons. The van der Waals surface area contributed by atoms with Gasteiger partial charge < -0.3 is 15.1 Å². The largest absolute Gasteiger partial charge is 0.342 e. The molecule has 170 valence electrons. The van der Waals surface area contributed by atoms with Gasteiger partial charge in [-0.3, -0.25) is 14.4 Å². The topological polar surface area (TPSA) is 69.7 Å². The number of hydrogen-bond donors (Lipinski definition) is 1. The lowest BCUT2D eigenvalue weighted by molar-refractivity contribution is -0.143. The van der Waals surface area contributed by atoms with Gasteiger partial charge in [0.2, 0.25) is 11.8 Å². The first-order valence-corrected chi connectivity index (χ1v) is 11.8. The molecule has 3 rings (SSSR count). The molecular weight excluding hydrogens is 414 g/mol. The fraction of sp³-hybridized carbons (Fsp3) is 0.625. The lowest BCUT2D eigenvalue weighted by atomic mass is 9.92. The molecule has 0 bridgehead atoms. The molecule has 1 N–H and O–H groups in total. The molecular formula is C24H34ClN3O3. The minimum absolute atomic E-state index is 0.00966. The highest BCUT2D eigenvalue weighted by molar-refractivity contribution is 6.33. The Balaban J connectivity index is 1.58. The highest BCUT2D eigenvalue weighted by atomic mass is 35.5. The van der Waals surface area contributed by atoms with Crippen LogP contribution >= 0.6 is 11.6 Å². The van der Waals surface area contributed by atoms with Gasteiger partial charge in [0, 0.05) is 32.1 Å². The van der Waals surface area contributed by atoms with Crippen LogP contribution in [-0.2, 0) is 9.59 Å². The van der Waals surface area contributed by atoms with Crippen molar-refractivity contribution in [2.75, 3.05) is 26.2 Å². The maximum atomic E-state index is 13.2. The van der Waals surface area contributed by atoms with Crippen molar-refractivity contribution in [1.29, 1.82) is 0 Å². The van der Waals surface area contributed by atoms with Crippen LogP contribution in [0, 0.1) is 17.8 Å². The van der Waals surface area contributed by atoms with Gasteiger partial charge >= 0.3 is 0 Å². The van der Waals surface area contributed by atoms with E-state index in [9.17, 15) is 14.4 Å². The van der Waals surface area contributed by atoms with Crippen LogP contribution in [0.25, 0.3) is 0 Å². The van der Waals surface area contributed by atoms with E-state index in [1.807, 2.05) is 18.7 Å². The number of rotatable bonds is 5. The second-order valence-corrected chi connectivity index (χ2v) is 9.71. The summed E-state index contributed by atoms with van der Waals surface area (Å²) in [5, 5.41) is 3.23. The summed E-state index contributed by atoms with van der Waals surface area (Å²) in [7, 11) is 0. The van der Waals surface area contributed by atoms with Crippen molar-refractivity contribution in [3.8, 4) is 0 Å². The van der Waals surface area contributed by atoms with Crippen molar-refractivity contribution in [2.45, 2.75) is 52.5 Å². The van der Waals surface area contributed by atoms with Crippen molar-refractivity contribution in [3.05, 3.63) is 34.9 Å². The highest BCUT2D eigenvalue weighted by Crippen LogP contribution is 2.24. The molecule has 2 unspecified atom stereocenters. The fourth-order valence-electron chi connectivity index (χ4n) is 4.57. The van der Waals surface area contributed by atoms with E-state index in [0.29, 0.717) is 42.4 Å². The Hall–Kier alpha value is -2.08. The van der Waals surface area contributed by atoms with Gasteiger partial charge in [-0.25, -0.2) is 0 Å². The van der Waals surface area contributed by atoms with E-state index in [2.05, 4.69) is 12.2 Å². The number of likely N-dealkylation sites (tertiary alicyclic amines) is 2. The number of amides is 3. The van der Waals surface area contributed by atoms with E-state index in [4.69, 9.17) is 11.6 Å². The third kappa shape index (κ3) is 5.79. The van der Waals surface area contributed by atoms with Crippen LogP contribution in [0.3, 0.4) is 0 Å². The summed E-state index contributed by atoms with van der Waals surface area (Å²) in [5.41, 5.74) is 0.364. The Labute approximate surface area is 190 Å². The van der Waals surface area contributed by atoms with Crippen molar-refractivity contribution < 1.29 is 14.4 Å². The van der Waals surface area contributed by atoms with Gasteiger partial charge in [0.25, 0.3) is 5.91 Å². The second kappa shape index (κ2) is 10.5. The molecule has 6 nitrogen and oxygen atoms in total. The summed E-state index contributed by atoms with van der Waals surface area (Å²) in [5.74, 6) is 0.298. The third-order valence-electron chi connectivity index (χ3n) is 6.46. The monoisotopic (exact) mass is 447 g/mol. The maximum Gasteiger partial charge on any atom is 0.253 e. The average Bonchev–Trinajstić information content (AvgIpc) is 2.76. The lowest BCUT2D eigenvalue weighted by Crippen LogP contribution is -2.54. The van der Waals surface area contributed by atoms with Gasteiger partial charge in [-0.15, -0.1) is 0 Å². The number of halogens is 1. The zero-order valence-electron chi connectivity index (χ0n) is 18.8. The minimum Gasteiger partial charge on any atom is -0.342 e. The molecule has 7 heteroatoms. The SMILES string of the molecule is CC1CCCN(C(=O)C2CCN(C(=O)C(NC(=O)c3ccccc3Cl)C(C)C)CC2)C1. The molecule has 1 aromatic rings. The van der Waals surface area contributed by atoms with Crippen molar-refractivity contribution in [2.24, 2.45) is 17.8 Å². The summed E-state index contributed by atoms with van der Waals surface area (Å²) in [6.45, 7) is 8.83. The van der Waals surface area contributed by atoms with Gasteiger partial charge in [-0.1, -0.05) is 44.5 Å². The molecule has 0 aromatic heterocycles. The molecule has 3 amide bonds. The van der Waals surface area contributed by atoms with E-state index >= 15 is 0 Å². The fourth-order valence-corrected chi connectivity index (χ4v) is 4.79. The first-order valence-electron chi connectivity index (χ1n) is 11.4. The highest BCUT2D eigenvalue weighted by Gasteiger charge is 2.35. The number of nitrogens with one attached hydrogen (secondary N) is 1. The molecule has 2 aliphatic heterocycles. The molecule has 0 saturated carbocycles. The first-order chi connectivity index (χ1) is 14.8. The summed E-state index contributed by atoms with van der Waals surface area (Å²) in [4.78, 5) is 42.6. The van der Waals surface area contributed by atoms with Crippen molar-refractivity contribution >= 4 is 29.3 Å². The molecule has 0 spiro atoms. The van der Waals surface area contributed by atoms with E-state index in [0.717, 1.165) is 19.5 Å². The number of benzene rings is 1. The summed E-state index contributed by atoms with van der Waals surface area (Å²) in [6.07, 6.45) is 3.62. The van der Waals surface area contributed by atoms with Crippen molar-refractivity contribution in [3.63, 3.8) is 0 Å². The Morgan fingerprint density at radius 2 is 1.71 bits per heavy atom. The number of hydrogen-bond acceptors (Lipinski definition) is 3. The molecule has 2 heterocycles. The summed E-state index contributed by atoms with van der Waals surface area (Å²) in [6, 6.07) is 6.20. The number of piperidine rings is 2. The van der Waals surface area contributed by atoms with E-state index in [1.165, 1.54) is 6.42 Å². The Kier molecular flexibility index (Phi) is 7.98. The van der Waals surface area contributed by atoms with Crippen LogP contribution in [0.4, 0.5) is 0 Å². The molecule has 2 aliphatic rings. The standard InChI is InChI=1S/C24H34ClN3O3/c1-16(2)21(26-22(29)19-8-4-5-9-20(19)25)24(31)27-13-10-18(11-14-27)23(30)28-12-6-7-17(3)15-28/h4-5,8-9,16-18,21H,6-7,10-15H2,1-3H3,(H,26,29). The smallest absolute Gasteiger partial charge is 0.253 e. The van der Waals surface area contributed by atoms with Crippen LogP contribution in [0.1, 0.15) is 56.8 Å². The average molecular weight is 448 g/mol. The number of carbonyl (C=O) groups excluding carboxylic acids is 3. The number of nitrogens with zero attached hydrogens (tertiary/aromatic N) is 2. The molecule has 1 aromatic carbocycles. The first kappa shape index (κ1) is 23.6. The number of carbonyl (C=O) groups is 3. The predicted octanol–water partition coefficient (Wildman–Crippen LogP) is 3.59. The van der Waals surface area contributed by atoms with Crippen LogP contribution in [0.5, 0.6) is 0 Å². The van der Waals surface area contributed by atoms with E-state index in [-0.39, 0.29) is 29.6 Å². The van der Waals surface area contributed by atoms with Gasteiger partial charge in [0.15, 0.2) is 0 Å². The maximum absolute atomic E-state index is 13.2. The van der Waals surface area contributed by atoms with Crippen LogP contribution < -0.4 is 5.32 Å². The van der Waals surface area contributed by atoms with Crippen LogP contribution in [0.2, 0.25) is 5.02 Å². The zero-order chi connectivity index (χ0) is 22.5. The predicted molar refractivity (Wildman–Crippen MR) is 122 cm³/mol. The molecule has 2 atom stereocenters. The normalized spacial score (nSPS) is 21.1. The molecule has 31 heavy (non-hydrogen) atoms. The lowest BCUT2D eigenvalue weighted by Gasteiger charge is -2.38.